The fraction of sp³-hybridized carbons (Fsp3) is 0.278. The van der Waals surface area contributed by atoms with Crippen molar-refractivity contribution in [1.82, 2.24) is 19.8 Å². The zero-order valence-electron chi connectivity index (χ0n) is 14.4. The maximum absolute atomic E-state index is 12.2. The summed E-state index contributed by atoms with van der Waals surface area (Å²) in [4.78, 5) is 12.2. The van der Waals surface area contributed by atoms with Crippen molar-refractivity contribution < 1.29 is 4.74 Å². The Morgan fingerprint density at radius 2 is 2.00 bits per heavy atom. The first kappa shape index (κ1) is 17.4. The molecule has 0 N–H and O–H groups in total. The Kier molecular flexibility index (Phi) is 5.03. The van der Waals surface area contributed by atoms with Crippen LogP contribution in [-0.4, -0.2) is 19.8 Å². The third-order valence-electron chi connectivity index (χ3n) is 4.12. The van der Waals surface area contributed by atoms with E-state index in [1.54, 1.807) is 7.05 Å². The Morgan fingerprint density at radius 1 is 1.20 bits per heavy atom. The van der Waals surface area contributed by atoms with E-state index in [0.717, 1.165) is 27.8 Å². The molecular formula is C18H19BrN4O2. The van der Waals surface area contributed by atoms with Gasteiger partial charge in [-0.2, -0.15) is 9.36 Å². The van der Waals surface area contributed by atoms with Crippen LogP contribution in [0.1, 0.15) is 23.6 Å². The number of hydrogen-bond acceptors (Lipinski definition) is 4. The Bertz CT molecular complexity index is 962. The molecule has 0 spiro atoms. The van der Waals surface area contributed by atoms with Gasteiger partial charge in [-0.3, -0.25) is 0 Å². The minimum Gasteiger partial charge on any atom is -0.489 e. The molecule has 7 heteroatoms. The van der Waals surface area contributed by atoms with Gasteiger partial charge in [0.05, 0.1) is 5.69 Å². The van der Waals surface area contributed by atoms with Crippen molar-refractivity contribution in [2.75, 3.05) is 0 Å². The minimum absolute atomic E-state index is 0.288. The van der Waals surface area contributed by atoms with Crippen LogP contribution in [0.2, 0.25) is 0 Å². The second kappa shape index (κ2) is 7.23. The fourth-order valence-electron chi connectivity index (χ4n) is 2.61. The average Bonchev–Trinajstić information content (AvgIpc) is 2.94. The van der Waals surface area contributed by atoms with E-state index in [9.17, 15) is 4.79 Å². The molecule has 1 aromatic heterocycles. The van der Waals surface area contributed by atoms with Crippen molar-refractivity contribution in [3.05, 3.63) is 68.0 Å². The van der Waals surface area contributed by atoms with Crippen LogP contribution in [0.25, 0.3) is 5.69 Å². The molecule has 3 rings (SSSR count). The van der Waals surface area contributed by atoms with Crippen LogP contribution in [0.4, 0.5) is 0 Å². The highest BCUT2D eigenvalue weighted by Crippen LogP contribution is 2.25. The van der Waals surface area contributed by atoms with Gasteiger partial charge >= 0.3 is 5.69 Å². The molecule has 0 aliphatic carbocycles. The van der Waals surface area contributed by atoms with Crippen molar-refractivity contribution in [2.24, 2.45) is 7.05 Å². The summed E-state index contributed by atoms with van der Waals surface area (Å²) in [5.41, 5.74) is 3.52. The van der Waals surface area contributed by atoms with Crippen LogP contribution in [0.15, 0.2) is 45.7 Å². The van der Waals surface area contributed by atoms with E-state index in [1.807, 2.05) is 43.3 Å². The number of halogens is 1. The molecule has 1 heterocycles. The molecule has 2 aromatic carbocycles. The Hall–Kier alpha value is -2.41. The zero-order valence-corrected chi connectivity index (χ0v) is 15.9. The highest BCUT2D eigenvalue weighted by Gasteiger charge is 2.13. The van der Waals surface area contributed by atoms with E-state index in [0.29, 0.717) is 12.3 Å². The van der Waals surface area contributed by atoms with Crippen LogP contribution in [-0.2, 0) is 20.1 Å². The third kappa shape index (κ3) is 3.51. The fourth-order valence-corrected chi connectivity index (χ4v) is 3.13. The second-order valence-electron chi connectivity index (χ2n) is 5.76. The van der Waals surface area contributed by atoms with Gasteiger partial charge in [0.15, 0.2) is 0 Å². The lowest BCUT2D eigenvalue weighted by molar-refractivity contribution is 0.304. The lowest BCUT2D eigenvalue weighted by Crippen LogP contribution is -2.23. The monoisotopic (exact) mass is 402 g/mol. The van der Waals surface area contributed by atoms with E-state index in [4.69, 9.17) is 4.74 Å². The summed E-state index contributed by atoms with van der Waals surface area (Å²) in [6, 6.07) is 11.7. The van der Waals surface area contributed by atoms with Gasteiger partial charge in [0.25, 0.3) is 0 Å². The van der Waals surface area contributed by atoms with E-state index in [1.165, 1.54) is 14.9 Å². The van der Waals surface area contributed by atoms with E-state index in [-0.39, 0.29) is 5.69 Å². The summed E-state index contributed by atoms with van der Waals surface area (Å²) >= 11 is 3.54. The summed E-state index contributed by atoms with van der Waals surface area (Å²) in [5.74, 6) is 0.792. The molecule has 0 saturated carbocycles. The number of tetrazole rings is 1. The van der Waals surface area contributed by atoms with Crippen LogP contribution in [0.3, 0.4) is 0 Å². The molecule has 0 radical (unpaired) electrons. The number of benzene rings is 2. The molecule has 0 amide bonds. The molecular weight excluding hydrogens is 384 g/mol. The predicted octanol–water partition coefficient (Wildman–Crippen LogP) is 3.18. The van der Waals surface area contributed by atoms with Gasteiger partial charge in [0.1, 0.15) is 12.4 Å². The zero-order chi connectivity index (χ0) is 18.0. The number of aromatic nitrogens is 4. The van der Waals surface area contributed by atoms with E-state index in [2.05, 4.69) is 33.3 Å². The normalized spacial score (nSPS) is 10.9. The number of aryl methyl sites for hydroxylation is 3. The van der Waals surface area contributed by atoms with Gasteiger partial charge in [0, 0.05) is 17.1 Å². The van der Waals surface area contributed by atoms with Gasteiger partial charge in [0.2, 0.25) is 0 Å². The van der Waals surface area contributed by atoms with E-state index < -0.39 is 0 Å². The summed E-state index contributed by atoms with van der Waals surface area (Å²) in [6.07, 6.45) is 0.919. The molecule has 0 fully saturated rings. The topological polar surface area (TPSA) is 61.9 Å². The van der Waals surface area contributed by atoms with Crippen LogP contribution in [0.5, 0.6) is 5.75 Å². The second-order valence-corrected chi connectivity index (χ2v) is 6.62. The van der Waals surface area contributed by atoms with Crippen LogP contribution >= 0.6 is 15.9 Å². The standard InChI is InChI=1S/C18H19BrN4O2/c1-4-13-10-14(8-9-16(13)19)25-11-15-12(2)6-5-7-17(15)23-18(24)22(3)20-21-23/h5-10H,4,11H2,1-3H3. The first-order valence-corrected chi connectivity index (χ1v) is 8.79. The Morgan fingerprint density at radius 3 is 2.68 bits per heavy atom. The summed E-state index contributed by atoms with van der Waals surface area (Å²) in [7, 11) is 1.58. The molecule has 25 heavy (non-hydrogen) atoms. The van der Waals surface area contributed by atoms with Crippen LogP contribution < -0.4 is 10.4 Å². The van der Waals surface area contributed by atoms with Crippen molar-refractivity contribution in [2.45, 2.75) is 26.9 Å². The van der Waals surface area contributed by atoms with Gasteiger partial charge in [-0.05, 0) is 59.2 Å². The molecule has 0 bridgehead atoms. The lowest BCUT2D eigenvalue weighted by Gasteiger charge is -2.14. The van der Waals surface area contributed by atoms with Gasteiger partial charge in [-0.1, -0.05) is 35.0 Å². The number of nitrogens with zero attached hydrogens (tertiary/aromatic N) is 4. The smallest absolute Gasteiger partial charge is 0.368 e. The quantitative estimate of drug-likeness (QED) is 0.657. The molecule has 0 atom stereocenters. The summed E-state index contributed by atoms with van der Waals surface area (Å²) < 4.78 is 9.56. The van der Waals surface area contributed by atoms with Gasteiger partial charge in [-0.25, -0.2) is 4.79 Å². The Balaban J connectivity index is 1.93. The molecule has 0 saturated heterocycles. The molecule has 0 aliphatic rings. The third-order valence-corrected chi connectivity index (χ3v) is 4.89. The molecule has 130 valence electrons. The summed E-state index contributed by atoms with van der Waals surface area (Å²) in [6.45, 7) is 4.43. The Labute approximate surface area is 154 Å². The highest BCUT2D eigenvalue weighted by atomic mass is 79.9. The van der Waals surface area contributed by atoms with Crippen molar-refractivity contribution in [3.8, 4) is 11.4 Å². The molecule has 6 nitrogen and oxygen atoms in total. The predicted molar refractivity (Wildman–Crippen MR) is 99.2 cm³/mol. The number of ether oxygens (including phenoxy) is 1. The molecule has 3 aromatic rings. The lowest BCUT2D eigenvalue weighted by atomic mass is 10.1. The average molecular weight is 403 g/mol. The highest BCUT2D eigenvalue weighted by molar-refractivity contribution is 9.10. The first-order chi connectivity index (χ1) is 12.0. The van der Waals surface area contributed by atoms with E-state index >= 15 is 0 Å². The number of rotatable bonds is 5. The van der Waals surface area contributed by atoms with Gasteiger partial charge in [-0.15, -0.1) is 0 Å². The largest absolute Gasteiger partial charge is 0.489 e. The van der Waals surface area contributed by atoms with Gasteiger partial charge < -0.3 is 4.74 Å². The maximum atomic E-state index is 12.2. The van der Waals surface area contributed by atoms with Crippen molar-refractivity contribution in [3.63, 3.8) is 0 Å². The maximum Gasteiger partial charge on any atom is 0.368 e. The van der Waals surface area contributed by atoms with Crippen LogP contribution in [0, 0.1) is 6.92 Å². The number of hydrogen-bond donors (Lipinski definition) is 0. The molecule has 0 aliphatic heterocycles. The van der Waals surface area contributed by atoms with Crippen molar-refractivity contribution in [1.29, 1.82) is 0 Å². The molecule has 0 unspecified atom stereocenters. The minimum atomic E-state index is -0.288. The SMILES string of the molecule is CCc1cc(OCc2c(C)cccc2-n2nnn(C)c2=O)ccc1Br. The summed E-state index contributed by atoms with van der Waals surface area (Å²) in [5, 5.41) is 7.72. The van der Waals surface area contributed by atoms with Crippen molar-refractivity contribution >= 4 is 15.9 Å². The first-order valence-electron chi connectivity index (χ1n) is 8.00.